The van der Waals surface area contributed by atoms with Crippen LogP contribution in [0.4, 0.5) is 10.5 Å². The third-order valence-electron chi connectivity index (χ3n) is 6.08. The van der Waals surface area contributed by atoms with Gasteiger partial charge in [-0.25, -0.2) is 4.79 Å². The lowest BCUT2D eigenvalue weighted by atomic mass is 10.0. The number of aliphatic hydroxyl groups excluding tert-OH is 2. The molecule has 1 unspecified atom stereocenters. The molecule has 3 N–H and O–H groups in total. The maximum atomic E-state index is 12.2. The number of hydrogen-bond acceptors (Lipinski definition) is 6. The molecule has 1 rings (SSSR count). The van der Waals surface area contributed by atoms with Crippen LogP contribution in [0, 0.1) is 10.1 Å². The number of carbonyl (C=O) groups excluding carboxylic acids is 1. The average molecular weight is 493 g/mol. The van der Waals surface area contributed by atoms with Crippen molar-refractivity contribution in [1.82, 2.24) is 5.32 Å². The molecule has 0 heterocycles. The van der Waals surface area contributed by atoms with Gasteiger partial charge in [-0.3, -0.25) is 10.1 Å². The van der Waals surface area contributed by atoms with E-state index in [0.717, 1.165) is 19.3 Å². The lowest BCUT2D eigenvalue weighted by Crippen LogP contribution is -2.45. The molecule has 0 aliphatic heterocycles. The Morgan fingerprint density at radius 2 is 1.63 bits per heavy atom. The Balaban J connectivity index is 2.27. The Labute approximate surface area is 209 Å². The van der Waals surface area contributed by atoms with Crippen molar-refractivity contribution < 1.29 is 24.7 Å². The third-order valence-corrected chi connectivity index (χ3v) is 6.08. The quantitative estimate of drug-likeness (QED) is 0.0894. The Kier molecular flexibility index (Phi) is 16.4. The predicted octanol–water partition coefficient (Wildman–Crippen LogP) is 6.36. The number of nitrogens with zero attached hydrogens (tertiary/aromatic N) is 1. The average Bonchev–Trinajstić information content (AvgIpc) is 2.85. The molecule has 1 aromatic carbocycles. The standard InChI is InChI=1S/C27H44N2O6/c1-3-4-5-6-7-8-9-10-11-12-13-14-15-20-26(31)24(21-30)28-27(32)35-22(2)23-18-16-17-19-25(23)29(33)34/h15-20,22,24,26,30-31H,3-14,21H2,1-2H3,(H,28,32)/b20-15+/t22?,24-,26+/m0/s1. The number of nitro groups is 1. The van der Waals surface area contributed by atoms with Crippen molar-refractivity contribution in [2.24, 2.45) is 0 Å². The van der Waals surface area contributed by atoms with Crippen LogP contribution in [0.25, 0.3) is 0 Å². The zero-order chi connectivity index (χ0) is 25.9. The summed E-state index contributed by atoms with van der Waals surface area (Å²) in [4.78, 5) is 22.9. The second-order valence-electron chi connectivity index (χ2n) is 9.04. The SMILES string of the molecule is CCCCCCCCCCCCC/C=C/[C@@H](O)[C@H](CO)NC(=O)OC(C)c1ccccc1[N+](=O)[O-]. The number of amides is 1. The Morgan fingerprint density at radius 1 is 1.06 bits per heavy atom. The molecule has 1 amide bonds. The monoisotopic (exact) mass is 492 g/mol. The van der Waals surface area contributed by atoms with Crippen LogP contribution in [0.2, 0.25) is 0 Å². The summed E-state index contributed by atoms with van der Waals surface area (Å²) in [5.41, 5.74) is 0.123. The van der Waals surface area contributed by atoms with Crippen LogP contribution < -0.4 is 5.32 Å². The minimum absolute atomic E-state index is 0.142. The van der Waals surface area contributed by atoms with Crippen molar-refractivity contribution in [2.75, 3.05) is 6.61 Å². The molecule has 0 saturated carbocycles. The largest absolute Gasteiger partial charge is 0.441 e. The first-order valence-electron chi connectivity index (χ1n) is 13.1. The molecule has 35 heavy (non-hydrogen) atoms. The highest BCUT2D eigenvalue weighted by molar-refractivity contribution is 5.68. The van der Waals surface area contributed by atoms with Crippen LogP contribution in [-0.4, -0.2) is 40.0 Å². The fourth-order valence-electron chi connectivity index (χ4n) is 3.94. The molecule has 0 fully saturated rings. The van der Waals surface area contributed by atoms with Gasteiger partial charge in [0.05, 0.1) is 29.2 Å². The molecule has 8 heteroatoms. The number of carbonyl (C=O) groups is 1. The molecule has 0 saturated heterocycles. The summed E-state index contributed by atoms with van der Waals surface area (Å²) in [7, 11) is 0. The van der Waals surface area contributed by atoms with Gasteiger partial charge in [0.1, 0.15) is 6.10 Å². The fourth-order valence-corrected chi connectivity index (χ4v) is 3.94. The van der Waals surface area contributed by atoms with Crippen molar-refractivity contribution in [2.45, 2.75) is 109 Å². The molecule has 198 valence electrons. The number of benzene rings is 1. The number of rotatable bonds is 19. The Morgan fingerprint density at radius 3 is 2.20 bits per heavy atom. The summed E-state index contributed by atoms with van der Waals surface area (Å²) in [5.74, 6) is 0. The minimum atomic E-state index is -1.07. The smallest absolute Gasteiger partial charge is 0.408 e. The van der Waals surface area contributed by atoms with Crippen LogP contribution >= 0.6 is 0 Å². The first kappa shape index (κ1) is 30.6. The third kappa shape index (κ3) is 13.3. The molecular weight excluding hydrogens is 448 g/mol. The van der Waals surface area contributed by atoms with E-state index in [4.69, 9.17) is 4.74 Å². The lowest BCUT2D eigenvalue weighted by Gasteiger charge is -2.21. The van der Waals surface area contributed by atoms with Crippen LogP contribution in [0.5, 0.6) is 0 Å². The van der Waals surface area contributed by atoms with E-state index < -0.39 is 35.9 Å². The van der Waals surface area contributed by atoms with E-state index >= 15 is 0 Å². The zero-order valence-electron chi connectivity index (χ0n) is 21.4. The number of hydrogen-bond donors (Lipinski definition) is 3. The molecule has 0 aliphatic rings. The number of ether oxygens (including phenoxy) is 1. The van der Waals surface area contributed by atoms with Gasteiger partial charge >= 0.3 is 6.09 Å². The van der Waals surface area contributed by atoms with Crippen LogP contribution in [0.1, 0.15) is 103 Å². The summed E-state index contributed by atoms with van der Waals surface area (Å²) in [6.45, 7) is 3.29. The van der Waals surface area contributed by atoms with E-state index in [-0.39, 0.29) is 11.3 Å². The van der Waals surface area contributed by atoms with Gasteiger partial charge in [0.15, 0.2) is 0 Å². The summed E-state index contributed by atoms with van der Waals surface area (Å²) in [6.07, 6.45) is 15.5. The minimum Gasteiger partial charge on any atom is -0.441 e. The van der Waals surface area contributed by atoms with Crippen LogP contribution in [-0.2, 0) is 4.74 Å². The van der Waals surface area contributed by atoms with E-state index in [1.54, 1.807) is 12.1 Å². The number of para-hydroxylation sites is 1. The predicted molar refractivity (Wildman–Crippen MR) is 138 cm³/mol. The highest BCUT2D eigenvalue weighted by atomic mass is 16.6. The van der Waals surface area contributed by atoms with Gasteiger partial charge in [-0.1, -0.05) is 95.4 Å². The van der Waals surface area contributed by atoms with E-state index in [1.165, 1.54) is 82.9 Å². The van der Waals surface area contributed by atoms with E-state index in [9.17, 15) is 25.1 Å². The van der Waals surface area contributed by atoms with Gasteiger partial charge in [0.25, 0.3) is 5.69 Å². The summed E-state index contributed by atoms with van der Waals surface area (Å²) < 4.78 is 5.23. The highest BCUT2D eigenvalue weighted by Gasteiger charge is 2.24. The number of aliphatic hydroxyl groups is 2. The molecule has 0 radical (unpaired) electrons. The zero-order valence-corrected chi connectivity index (χ0v) is 21.4. The normalized spacial score (nSPS) is 13.9. The van der Waals surface area contributed by atoms with Crippen molar-refractivity contribution in [3.05, 3.63) is 52.1 Å². The van der Waals surface area contributed by atoms with Crippen molar-refractivity contribution in [3.8, 4) is 0 Å². The first-order valence-corrected chi connectivity index (χ1v) is 13.1. The molecule has 1 aromatic rings. The van der Waals surface area contributed by atoms with Gasteiger partial charge in [0, 0.05) is 6.07 Å². The molecular formula is C27H44N2O6. The molecule has 8 nitrogen and oxygen atoms in total. The lowest BCUT2D eigenvalue weighted by molar-refractivity contribution is -0.386. The van der Waals surface area contributed by atoms with Gasteiger partial charge in [-0.2, -0.15) is 0 Å². The van der Waals surface area contributed by atoms with Gasteiger partial charge in [-0.15, -0.1) is 0 Å². The molecule has 0 aliphatic carbocycles. The number of alkyl carbamates (subject to hydrolysis) is 1. The molecule has 3 atom stereocenters. The van der Waals surface area contributed by atoms with Crippen molar-refractivity contribution in [3.63, 3.8) is 0 Å². The summed E-state index contributed by atoms with van der Waals surface area (Å²) in [6, 6.07) is 5.09. The maximum Gasteiger partial charge on any atom is 0.408 e. The molecule has 0 aromatic heterocycles. The summed E-state index contributed by atoms with van der Waals surface area (Å²) in [5, 5.41) is 33.5. The number of nitrogens with one attached hydrogen (secondary N) is 1. The highest BCUT2D eigenvalue weighted by Crippen LogP contribution is 2.27. The van der Waals surface area contributed by atoms with Crippen LogP contribution in [0.15, 0.2) is 36.4 Å². The fraction of sp³-hybridized carbons (Fsp3) is 0.667. The van der Waals surface area contributed by atoms with Crippen LogP contribution in [0.3, 0.4) is 0 Å². The topological polar surface area (TPSA) is 122 Å². The summed E-state index contributed by atoms with van der Waals surface area (Å²) >= 11 is 0. The van der Waals surface area contributed by atoms with E-state index in [0.29, 0.717) is 0 Å². The first-order chi connectivity index (χ1) is 16.9. The maximum absolute atomic E-state index is 12.2. The number of unbranched alkanes of at least 4 members (excludes halogenated alkanes) is 11. The Hall–Kier alpha value is -2.45. The second kappa shape index (κ2) is 18.8. The second-order valence-corrected chi connectivity index (χ2v) is 9.04. The van der Waals surface area contributed by atoms with Gasteiger partial charge < -0.3 is 20.3 Å². The Bertz CT molecular complexity index is 755. The van der Waals surface area contributed by atoms with Gasteiger partial charge in [-0.05, 0) is 25.8 Å². The van der Waals surface area contributed by atoms with Crippen molar-refractivity contribution in [1.29, 1.82) is 0 Å². The van der Waals surface area contributed by atoms with Gasteiger partial charge in [0.2, 0.25) is 0 Å². The van der Waals surface area contributed by atoms with E-state index in [2.05, 4.69) is 12.2 Å². The molecule has 0 bridgehead atoms. The number of nitro benzene ring substituents is 1. The van der Waals surface area contributed by atoms with Crippen molar-refractivity contribution >= 4 is 11.8 Å². The van der Waals surface area contributed by atoms with E-state index in [1.807, 2.05) is 6.08 Å². The number of allylic oxidation sites excluding steroid dienone is 1. The molecule has 0 spiro atoms.